The summed E-state index contributed by atoms with van der Waals surface area (Å²) in [6, 6.07) is 3.27. The number of H-pyrrole nitrogens is 1. The Hall–Kier alpha value is -3.15. The summed E-state index contributed by atoms with van der Waals surface area (Å²) in [6.45, 7) is 0. The van der Waals surface area contributed by atoms with Crippen LogP contribution < -0.4 is 5.73 Å². The summed E-state index contributed by atoms with van der Waals surface area (Å²) in [5.41, 5.74) is 7.40. The Bertz CT molecular complexity index is 1050. The van der Waals surface area contributed by atoms with E-state index in [1.165, 1.54) is 28.8 Å². The molecule has 0 atom stereocenters. The van der Waals surface area contributed by atoms with Gasteiger partial charge in [0.1, 0.15) is 17.0 Å². The zero-order valence-electron chi connectivity index (χ0n) is 13.0. The van der Waals surface area contributed by atoms with Gasteiger partial charge in [0, 0.05) is 22.4 Å². The smallest absolute Gasteiger partial charge is 0.282 e. The predicted molar refractivity (Wildman–Crippen MR) is 89.8 cm³/mol. The van der Waals surface area contributed by atoms with Gasteiger partial charge in [-0.1, -0.05) is 5.21 Å². The molecule has 3 N–H and O–H groups in total. The van der Waals surface area contributed by atoms with Gasteiger partial charge in [0.05, 0.1) is 18.1 Å². The molecule has 0 aliphatic carbocycles. The monoisotopic (exact) mass is 375 g/mol. The number of rotatable bonds is 5. The maximum atomic E-state index is 13.4. The van der Waals surface area contributed by atoms with Crippen molar-refractivity contribution in [2.45, 2.75) is 17.1 Å². The van der Waals surface area contributed by atoms with Crippen LogP contribution in [-0.2, 0) is 5.75 Å². The van der Waals surface area contributed by atoms with Crippen LogP contribution in [0.25, 0.3) is 16.9 Å². The zero-order chi connectivity index (χ0) is 18.1. The first-order chi connectivity index (χ1) is 12.6. The number of halogens is 2. The minimum atomic E-state index is -2.70. The Morgan fingerprint density at radius 1 is 1.31 bits per heavy atom. The molecule has 0 saturated carbocycles. The number of nitrogens with two attached hydrogens (primary N) is 1. The normalized spacial score (nSPS) is 11.5. The summed E-state index contributed by atoms with van der Waals surface area (Å²) in [7, 11) is 0. The van der Waals surface area contributed by atoms with Crippen LogP contribution in [-0.4, -0.2) is 40.4 Å². The zero-order valence-corrected chi connectivity index (χ0v) is 13.9. The van der Waals surface area contributed by atoms with E-state index in [4.69, 9.17) is 5.73 Å². The summed E-state index contributed by atoms with van der Waals surface area (Å²) in [6.07, 6.45) is 1.77. The Morgan fingerprint density at radius 2 is 2.19 bits per heavy atom. The quantitative estimate of drug-likeness (QED) is 0.509. The number of nitrogens with zero attached hydrogens (tertiary/aromatic N) is 7. The fourth-order valence-electron chi connectivity index (χ4n) is 2.37. The molecule has 0 aliphatic heterocycles. The van der Waals surface area contributed by atoms with E-state index in [-0.39, 0.29) is 11.4 Å². The number of thioether (sulfide) groups is 1. The van der Waals surface area contributed by atoms with Crippen molar-refractivity contribution in [2.24, 2.45) is 0 Å². The summed E-state index contributed by atoms with van der Waals surface area (Å²) in [5, 5.41) is 21.7. The lowest BCUT2D eigenvalue weighted by Crippen LogP contribution is -1.97. The van der Waals surface area contributed by atoms with Crippen LogP contribution in [0.15, 0.2) is 35.6 Å². The molecular weight excluding hydrogens is 364 g/mol. The first kappa shape index (κ1) is 16.3. The molecular formula is C14H11F2N9S. The van der Waals surface area contributed by atoms with Crippen LogP contribution in [0.4, 0.5) is 14.6 Å². The summed E-state index contributed by atoms with van der Waals surface area (Å²) in [5.74, 6) is 0.544. The molecule has 26 heavy (non-hydrogen) atoms. The third-order valence-corrected chi connectivity index (χ3v) is 4.61. The fourth-order valence-corrected chi connectivity index (χ4v) is 3.38. The van der Waals surface area contributed by atoms with Gasteiger partial charge in [0.25, 0.3) is 6.43 Å². The van der Waals surface area contributed by atoms with Crippen molar-refractivity contribution in [3.63, 3.8) is 0 Å². The van der Waals surface area contributed by atoms with Crippen LogP contribution >= 0.6 is 11.8 Å². The van der Waals surface area contributed by atoms with Crippen molar-refractivity contribution in [2.75, 3.05) is 5.73 Å². The lowest BCUT2D eigenvalue weighted by Gasteiger charge is -2.03. The largest absolute Gasteiger partial charge is 0.384 e. The number of fused-ring (bicyclic) bond motifs is 1. The maximum Gasteiger partial charge on any atom is 0.282 e. The van der Waals surface area contributed by atoms with Crippen LogP contribution in [0.5, 0.6) is 0 Å². The van der Waals surface area contributed by atoms with Crippen molar-refractivity contribution in [3.8, 4) is 5.69 Å². The molecule has 4 aromatic rings. The third kappa shape index (κ3) is 3.06. The number of nitrogens with one attached hydrogen (secondary N) is 1. The van der Waals surface area contributed by atoms with Gasteiger partial charge >= 0.3 is 0 Å². The number of anilines is 1. The van der Waals surface area contributed by atoms with Gasteiger partial charge in [-0.3, -0.25) is 0 Å². The van der Waals surface area contributed by atoms with E-state index in [0.29, 0.717) is 33.1 Å². The summed E-state index contributed by atoms with van der Waals surface area (Å²) in [4.78, 5) is 4.77. The lowest BCUT2D eigenvalue weighted by atomic mass is 10.3. The molecule has 0 fully saturated rings. The minimum Gasteiger partial charge on any atom is -0.384 e. The molecule has 0 unspecified atom stereocenters. The van der Waals surface area contributed by atoms with Gasteiger partial charge < -0.3 is 5.73 Å². The molecule has 12 heteroatoms. The maximum absolute atomic E-state index is 13.4. The van der Waals surface area contributed by atoms with E-state index in [2.05, 4.69) is 35.7 Å². The Kier molecular flexibility index (Phi) is 4.16. The number of alkyl halides is 2. The average Bonchev–Trinajstić information content (AvgIpc) is 3.27. The predicted octanol–water partition coefficient (Wildman–Crippen LogP) is 2.14. The molecule has 0 radical (unpaired) electrons. The van der Waals surface area contributed by atoms with Gasteiger partial charge in [-0.05, 0) is 12.1 Å². The molecule has 0 aliphatic rings. The van der Waals surface area contributed by atoms with Gasteiger partial charge in [0.15, 0.2) is 5.65 Å². The molecule has 4 heterocycles. The highest BCUT2D eigenvalue weighted by molar-refractivity contribution is 7.98. The minimum absolute atomic E-state index is 0.254. The molecule has 0 aromatic carbocycles. The van der Waals surface area contributed by atoms with Crippen LogP contribution in [0.3, 0.4) is 0 Å². The van der Waals surface area contributed by atoms with Crippen LogP contribution in [0, 0.1) is 0 Å². The Balaban J connectivity index is 1.65. The van der Waals surface area contributed by atoms with Crippen LogP contribution in [0.2, 0.25) is 0 Å². The highest BCUT2D eigenvalue weighted by Gasteiger charge is 2.20. The van der Waals surface area contributed by atoms with E-state index in [1.54, 1.807) is 18.3 Å². The van der Waals surface area contributed by atoms with Gasteiger partial charge in [-0.15, -0.1) is 16.9 Å². The number of hydrogen-bond donors (Lipinski definition) is 2. The molecule has 4 rings (SSSR count). The number of pyridine rings is 1. The number of aromatic nitrogens is 8. The van der Waals surface area contributed by atoms with Crippen molar-refractivity contribution < 1.29 is 8.78 Å². The highest BCUT2D eigenvalue weighted by Crippen LogP contribution is 2.32. The van der Waals surface area contributed by atoms with Crippen LogP contribution in [0.1, 0.15) is 17.7 Å². The van der Waals surface area contributed by atoms with Gasteiger partial charge in [0.2, 0.25) is 0 Å². The second-order valence-corrected chi connectivity index (χ2v) is 6.25. The lowest BCUT2D eigenvalue weighted by molar-refractivity contribution is 0.144. The van der Waals surface area contributed by atoms with Crippen molar-refractivity contribution in [3.05, 3.63) is 42.0 Å². The molecule has 0 amide bonds. The molecule has 4 aromatic heterocycles. The molecule has 132 valence electrons. The standard InChI is InChI=1S/C14H11F2N9S/c15-13(16)11-7(5-25(23-11)8-1-2-18-19-4-8)6-26-9-3-10(17)20-14-12(9)21-24-22-14/h1-5,13H,6H2,(H3,17,20,21,22,24). The van der Waals surface area contributed by atoms with Crippen molar-refractivity contribution >= 4 is 28.7 Å². The first-order valence-corrected chi connectivity index (χ1v) is 8.34. The van der Waals surface area contributed by atoms with E-state index < -0.39 is 6.43 Å². The van der Waals surface area contributed by atoms with E-state index >= 15 is 0 Å². The van der Waals surface area contributed by atoms with Gasteiger partial charge in [-0.2, -0.15) is 15.3 Å². The molecule has 0 bridgehead atoms. The fraction of sp³-hybridized carbons (Fsp3) is 0.143. The average molecular weight is 375 g/mol. The second-order valence-electron chi connectivity index (χ2n) is 5.23. The molecule has 0 spiro atoms. The van der Waals surface area contributed by atoms with E-state index in [0.717, 1.165) is 0 Å². The summed E-state index contributed by atoms with van der Waals surface area (Å²) >= 11 is 1.30. The van der Waals surface area contributed by atoms with Gasteiger partial charge in [-0.25, -0.2) is 23.5 Å². The number of hydrogen-bond acceptors (Lipinski definition) is 8. The third-order valence-electron chi connectivity index (χ3n) is 3.53. The Labute approximate surface area is 149 Å². The van der Waals surface area contributed by atoms with Crippen molar-refractivity contribution in [1.29, 1.82) is 0 Å². The first-order valence-electron chi connectivity index (χ1n) is 7.35. The number of aromatic amines is 1. The van der Waals surface area contributed by atoms with E-state index in [9.17, 15) is 8.78 Å². The SMILES string of the molecule is Nc1cc(SCc2cn(-c3ccnnc3)nc2C(F)F)c2nn[nH]c2n1. The Morgan fingerprint density at radius 3 is 2.96 bits per heavy atom. The number of nitrogen functional groups attached to an aromatic ring is 1. The molecule has 0 saturated heterocycles. The van der Waals surface area contributed by atoms with Crippen molar-refractivity contribution in [1.82, 2.24) is 40.4 Å². The molecule has 9 nitrogen and oxygen atoms in total. The second kappa shape index (κ2) is 6.63. The summed E-state index contributed by atoms with van der Waals surface area (Å²) < 4.78 is 28.1. The topological polar surface area (TPSA) is 124 Å². The highest BCUT2D eigenvalue weighted by atomic mass is 32.2. The van der Waals surface area contributed by atoms with E-state index in [1.807, 2.05) is 0 Å².